The van der Waals surface area contributed by atoms with Gasteiger partial charge in [0.05, 0.1) is 23.4 Å². The van der Waals surface area contributed by atoms with E-state index in [0.29, 0.717) is 29.4 Å². The van der Waals surface area contributed by atoms with Crippen LogP contribution in [0.2, 0.25) is 0 Å². The summed E-state index contributed by atoms with van der Waals surface area (Å²) in [6, 6.07) is 16.7. The van der Waals surface area contributed by atoms with E-state index in [1.165, 1.54) is 18.5 Å². The Morgan fingerprint density at radius 2 is 1.69 bits per heavy atom. The Labute approximate surface area is 227 Å². The average Bonchev–Trinajstić information content (AvgIpc) is 3.70. The van der Waals surface area contributed by atoms with Gasteiger partial charge in [0.1, 0.15) is 0 Å². The molecule has 4 aromatic rings. The highest BCUT2D eigenvalue weighted by Crippen LogP contribution is 2.40. The molecule has 3 atom stereocenters. The highest BCUT2D eigenvalue weighted by atomic mass is 16.3. The summed E-state index contributed by atoms with van der Waals surface area (Å²) in [4.78, 5) is 24.9. The third-order valence-electron chi connectivity index (χ3n) is 8.99. The first kappa shape index (κ1) is 24.3. The Hall–Kier alpha value is -3.78. The number of anilines is 1. The van der Waals surface area contributed by atoms with Crippen molar-refractivity contribution >= 4 is 22.5 Å². The second-order valence-corrected chi connectivity index (χ2v) is 11.4. The fourth-order valence-electron chi connectivity index (χ4n) is 7.12. The quantitative estimate of drug-likeness (QED) is 0.322. The number of aromatic nitrogens is 4. The van der Waals surface area contributed by atoms with Crippen LogP contribution in [0.1, 0.15) is 73.6 Å². The lowest BCUT2D eigenvalue weighted by atomic mass is 9.96. The van der Waals surface area contributed by atoms with Crippen LogP contribution in [0.3, 0.4) is 0 Å². The fraction of sp³-hybridized carbons (Fsp3) is 0.419. The van der Waals surface area contributed by atoms with E-state index in [1.54, 1.807) is 18.5 Å². The molecule has 3 fully saturated rings. The van der Waals surface area contributed by atoms with Crippen LogP contribution in [0.5, 0.6) is 0 Å². The normalized spacial score (nSPS) is 23.8. The van der Waals surface area contributed by atoms with E-state index in [9.17, 15) is 9.90 Å². The molecule has 0 radical (unpaired) electrons. The van der Waals surface area contributed by atoms with Gasteiger partial charge in [-0.1, -0.05) is 25.0 Å². The highest BCUT2D eigenvalue weighted by molar-refractivity contribution is 6.01. The van der Waals surface area contributed by atoms with E-state index < -0.39 is 0 Å². The van der Waals surface area contributed by atoms with Crippen LogP contribution in [0, 0.1) is 5.92 Å². The van der Waals surface area contributed by atoms with Crippen LogP contribution in [0.15, 0.2) is 60.9 Å². The molecule has 0 spiro atoms. The number of fused-ring (bicyclic) bond motifs is 3. The molecule has 3 N–H and O–H groups in total. The summed E-state index contributed by atoms with van der Waals surface area (Å²) >= 11 is 0. The lowest BCUT2D eigenvalue weighted by Crippen LogP contribution is -2.44. The van der Waals surface area contributed by atoms with E-state index in [1.807, 2.05) is 18.2 Å². The first-order chi connectivity index (χ1) is 19.1. The summed E-state index contributed by atoms with van der Waals surface area (Å²) in [6.45, 7) is 0. The molecule has 2 bridgehead atoms. The Balaban J connectivity index is 1.14. The zero-order valence-corrected chi connectivity index (χ0v) is 22.0. The molecule has 39 heavy (non-hydrogen) atoms. The maximum absolute atomic E-state index is 13.5. The fourth-order valence-corrected chi connectivity index (χ4v) is 7.12. The van der Waals surface area contributed by atoms with Gasteiger partial charge in [0.2, 0.25) is 0 Å². The average molecular weight is 523 g/mol. The SMILES string of the molecule is O=C(N[C@@H](c1ncccn1)C1CCCC1)c1ccc2[nH]nc(-c3ccc(N4[C@H]5CC[C@H]4CC(O)C5)cc3)c2c1. The molecule has 3 aliphatic rings. The lowest BCUT2D eigenvalue weighted by Gasteiger charge is -2.39. The molecule has 8 nitrogen and oxygen atoms in total. The van der Waals surface area contributed by atoms with Crippen LogP contribution >= 0.6 is 0 Å². The largest absolute Gasteiger partial charge is 0.393 e. The summed E-state index contributed by atoms with van der Waals surface area (Å²) in [6.07, 6.45) is 11.8. The summed E-state index contributed by atoms with van der Waals surface area (Å²) < 4.78 is 0. The number of hydrogen-bond donors (Lipinski definition) is 3. The van der Waals surface area contributed by atoms with Crippen molar-refractivity contribution in [2.75, 3.05) is 4.90 Å². The molecular formula is C31H34N6O2. The topological polar surface area (TPSA) is 107 Å². The molecule has 0 unspecified atom stereocenters. The van der Waals surface area contributed by atoms with Gasteiger partial charge in [-0.15, -0.1) is 0 Å². The van der Waals surface area contributed by atoms with Gasteiger partial charge in [0.25, 0.3) is 5.91 Å². The molecule has 2 aromatic carbocycles. The van der Waals surface area contributed by atoms with Gasteiger partial charge >= 0.3 is 0 Å². The van der Waals surface area contributed by atoms with Crippen molar-refractivity contribution in [1.82, 2.24) is 25.5 Å². The van der Waals surface area contributed by atoms with Crippen molar-refractivity contribution in [2.45, 2.75) is 75.6 Å². The smallest absolute Gasteiger partial charge is 0.251 e. The molecule has 2 saturated heterocycles. The third kappa shape index (κ3) is 4.56. The Morgan fingerprint density at radius 3 is 2.41 bits per heavy atom. The van der Waals surface area contributed by atoms with Gasteiger partial charge in [0, 0.05) is 46.7 Å². The maximum Gasteiger partial charge on any atom is 0.251 e. The van der Waals surface area contributed by atoms with Gasteiger partial charge in [-0.3, -0.25) is 9.89 Å². The van der Waals surface area contributed by atoms with Crippen LogP contribution in [-0.2, 0) is 0 Å². The lowest BCUT2D eigenvalue weighted by molar-refractivity contribution is 0.0919. The number of aliphatic hydroxyl groups is 1. The minimum Gasteiger partial charge on any atom is -0.393 e. The number of aromatic amines is 1. The van der Waals surface area contributed by atoms with Gasteiger partial charge in [-0.25, -0.2) is 9.97 Å². The summed E-state index contributed by atoms with van der Waals surface area (Å²) in [7, 11) is 0. The maximum atomic E-state index is 13.5. The minimum atomic E-state index is -0.195. The first-order valence-electron chi connectivity index (χ1n) is 14.3. The summed E-state index contributed by atoms with van der Waals surface area (Å²) in [5, 5.41) is 22.1. The van der Waals surface area contributed by atoms with Gasteiger partial charge in [-0.05, 0) is 80.8 Å². The van der Waals surface area contributed by atoms with E-state index >= 15 is 0 Å². The Morgan fingerprint density at radius 1 is 0.974 bits per heavy atom. The molecule has 1 aliphatic carbocycles. The van der Waals surface area contributed by atoms with Crippen molar-refractivity contribution in [2.24, 2.45) is 5.92 Å². The van der Waals surface area contributed by atoms with Crippen LogP contribution in [0.4, 0.5) is 5.69 Å². The Kier molecular flexibility index (Phi) is 6.27. The zero-order chi connectivity index (χ0) is 26.3. The molecule has 4 heterocycles. The van der Waals surface area contributed by atoms with Crippen molar-refractivity contribution in [3.05, 3.63) is 72.3 Å². The molecule has 1 saturated carbocycles. The number of piperidine rings is 1. The minimum absolute atomic E-state index is 0.119. The number of rotatable bonds is 6. The molecule has 8 heteroatoms. The molecular weight excluding hydrogens is 488 g/mol. The second kappa shape index (κ2) is 10.1. The van der Waals surface area contributed by atoms with Crippen LogP contribution in [-0.4, -0.2) is 49.4 Å². The van der Waals surface area contributed by atoms with Gasteiger partial charge in [0.15, 0.2) is 5.82 Å². The van der Waals surface area contributed by atoms with Gasteiger partial charge in [-0.2, -0.15) is 5.10 Å². The summed E-state index contributed by atoms with van der Waals surface area (Å²) in [5.41, 5.74) is 4.55. The number of hydrogen-bond acceptors (Lipinski definition) is 6. The number of carbonyl (C=O) groups excluding carboxylic acids is 1. The molecule has 7 rings (SSSR count). The molecule has 1 amide bonds. The number of H-pyrrole nitrogens is 1. The zero-order valence-electron chi connectivity index (χ0n) is 22.0. The molecule has 200 valence electrons. The predicted octanol–water partition coefficient (Wildman–Crippen LogP) is 5.17. The monoisotopic (exact) mass is 522 g/mol. The van der Waals surface area contributed by atoms with Crippen LogP contribution < -0.4 is 10.2 Å². The summed E-state index contributed by atoms with van der Waals surface area (Å²) in [5.74, 6) is 0.910. The number of nitrogens with zero attached hydrogens (tertiary/aromatic N) is 4. The number of nitrogens with one attached hydrogen (secondary N) is 2. The van der Waals surface area contributed by atoms with Crippen molar-refractivity contribution in [3.63, 3.8) is 0 Å². The van der Waals surface area contributed by atoms with Crippen molar-refractivity contribution in [3.8, 4) is 11.3 Å². The van der Waals surface area contributed by atoms with E-state index in [-0.39, 0.29) is 18.1 Å². The van der Waals surface area contributed by atoms with Crippen LogP contribution in [0.25, 0.3) is 22.2 Å². The molecule has 2 aromatic heterocycles. The third-order valence-corrected chi connectivity index (χ3v) is 8.99. The van der Waals surface area contributed by atoms with Gasteiger partial charge < -0.3 is 15.3 Å². The number of carbonyl (C=O) groups is 1. The number of benzene rings is 2. The van der Waals surface area contributed by atoms with E-state index in [0.717, 1.165) is 60.7 Å². The standard InChI is InChI=1S/C31H34N6O2/c38-25-17-23-11-12-24(18-25)37(23)22-9-6-20(7-10-22)28-26-16-21(8-13-27(26)35-36-28)31(39)34-29(19-4-1-2-5-19)30-32-14-3-15-33-30/h3,6-10,13-16,19,23-25,29,38H,1-2,4-5,11-12,17-18H2,(H,34,39)(H,35,36)/t23-,24-,29+/m0/s1. The molecule has 2 aliphatic heterocycles. The van der Waals surface area contributed by atoms with E-state index in [2.05, 4.69) is 54.6 Å². The second-order valence-electron chi connectivity index (χ2n) is 11.4. The number of amides is 1. The van der Waals surface area contributed by atoms with E-state index in [4.69, 9.17) is 0 Å². The Bertz CT molecular complexity index is 1450. The first-order valence-corrected chi connectivity index (χ1v) is 14.3. The number of aliphatic hydroxyl groups excluding tert-OH is 1. The van der Waals surface area contributed by atoms with Crippen molar-refractivity contribution in [1.29, 1.82) is 0 Å². The highest BCUT2D eigenvalue weighted by Gasteiger charge is 2.40. The van der Waals surface area contributed by atoms with Crippen molar-refractivity contribution < 1.29 is 9.90 Å². The predicted molar refractivity (Wildman–Crippen MR) is 150 cm³/mol.